The van der Waals surface area contributed by atoms with Crippen LogP contribution in [0.3, 0.4) is 0 Å². The van der Waals surface area contributed by atoms with Crippen molar-refractivity contribution < 1.29 is 37.3 Å². The van der Waals surface area contributed by atoms with Crippen LogP contribution in [0.5, 0.6) is 0 Å². The van der Waals surface area contributed by atoms with E-state index in [4.69, 9.17) is 13.8 Å². The Morgan fingerprint density at radius 1 is 0.443 bits per heavy atom. The molecule has 10 heteroatoms. The normalized spacial score (nSPS) is 13.9. The summed E-state index contributed by atoms with van der Waals surface area (Å²) in [6, 6.07) is -0.891. The van der Waals surface area contributed by atoms with Crippen LogP contribution in [0.1, 0.15) is 329 Å². The molecule has 464 valence electrons. The molecule has 0 spiro atoms. The van der Waals surface area contributed by atoms with Crippen LogP contribution < -0.4 is 10.2 Å². The first kappa shape index (κ1) is 77.0. The fourth-order valence-electron chi connectivity index (χ4n) is 9.96. The average Bonchev–Trinajstić information content (AvgIpc) is 3.41. The minimum Gasteiger partial charge on any atom is -0.756 e. The van der Waals surface area contributed by atoms with Gasteiger partial charge in [-0.1, -0.05) is 275 Å². The highest BCUT2D eigenvalue weighted by atomic mass is 31.2. The van der Waals surface area contributed by atoms with E-state index in [0.717, 1.165) is 77.0 Å². The fraction of sp³-hybridized carbons (Fsp3) is 0.855. The predicted molar refractivity (Wildman–Crippen MR) is 339 cm³/mol. The monoisotopic (exact) mass is 1130 g/mol. The van der Waals surface area contributed by atoms with E-state index in [2.05, 4.69) is 62.5 Å². The van der Waals surface area contributed by atoms with Crippen molar-refractivity contribution >= 4 is 19.7 Å². The third-order valence-corrected chi connectivity index (χ3v) is 16.2. The van der Waals surface area contributed by atoms with E-state index >= 15 is 0 Å². The van der Waals surface area contributed by atoms with Gasteiger partial charge in [0.2, 0.25) is 5.91 Å². The van der Waals surface area contributed by atoms with Crippen molar-refractivity contribution in [3.05, 3.63) is 48.6 Å². The third kappa shape index (κ3) is 60.4. The molecule has 0 aromatic carbocycles. The number of phosphoric ester groups is 1. The number of nitrogens with one attached hydrogen (secondary N) is 1. The molecule has 0 saturated heterocycles. The van der Waals surface area contributed by atoms with Gasteiger partial charge in [-0.15, -0.1) is 0 Å². The molecule has 0 aromatic heterocycles. The van der Waals surface area contributed by atoms with Gasteiger partial charge >= 0.3 is 5.97 Å². The molecule has 1 amide bonds. The molecule has 0 fully saturated rings. The van der Waals surface area contributed by atoms with E-state index in [1.807, 2.05) is 33.3 Å². The van der Waals surface area contributed by atoms with Gasteiger partial charge in [-0.2, -0.15) is 0 Å². The Kier molecular flexibility index (Phi) is 57.6. The Balaban J connectivity index is 5.15. The van der Waals surface area contributed by atoms with Crippen molar-refractivity contribution in [2.24, 2.45) is 0 Å². The van der Waals surface area contributed by atoms with E-state index in [-0.39, 0.29) is 31.5 Å². The second-order valence-electron chi connectivity index (χ2n) is 24.3. The highest BCUT2D eigenvalue weighted by Gasteiger charge is 2.27. The van der Waals surface area contributed by atoms with Crippen LogP contribution in [0, 0.1) is 0 Å². The summed E-state index contributed by atoms with van der Waals surface area (Å²) in [5.74, 6) is -0.537. The van der Waals surface area contributed by atoms with Gasteiger partial charge in [0.25, 0.3) is 7.82 Å². The van der Waals surface area contributed by atoms with Crippen molar-refractivity contribution in [3.8, 4) is 0 Å². The average molecular weight is 1130 g/mol. The van der Waals surface area contributed by atoms with E-state index in [1.54, 1.807) is 0 Å². The lowest BCUT2D eigenvalue weighted by Crippen LogP contribution is -2.47. The Morgan fingerprint density at radius 3 is 1.18 bits per heavy atom. The second-order valence-corrected chi connectivity index (χ2v) is 25.7. The van der Waals surface area contributed by atoms with Crippen LogP contribution in [0.25, 0.3) is 0 Å². The van der Waals surface area contributed by atoms with Gasteiger partial charge in [-0.3, -0.25) is 14.2 Å². The lowest BCUT2D eigenvalue weighted by molar-refractivity contribution is -0.870. The summed E-state index contributed by atoms with van der Waals surface area (Å²) in [6.07, 6.45) is 73.6. The standard InChI is InChI=1S/C69H131N2O7P/c1-7-10-13-16-19-22-25-28-30-32-33-34-35-36-37-39-40-43-46-49-52-55-58-61-68(72)70-66(65-77-79(74,75)76-64-63-71(4,5)6)67(60-57-54-51-48-45-42-27-24-21-18-15-12-9-3)78-69(73)62-59-56-53-50-47-44-41-38-31-29-26-23-20-17-14-11-8-2/h20,23,28-31,57,60,66-67H,7-19,21-22,24-27,32-56,58-59,61-65H2,1-6H3,(H-,70,72,74,75)/b23-20-,30-28+,31-29-,60-57-. The predicted octanol–water partition coefficient (Wildman–Crippen LogP) is 20.6. The number of carbonyl (C=O) groups excluding carboxylic acids is 2. The zero-order valence-corrected chi connectivity index (χ0v) is 54.0. The Hall–Kier alpha value is -2.03. The summed E-state index contributed by atoms with van der Waals surface area (Å²) in [6.45, 7) is 6.85. The quantitative estimate of drug-likeness (QED) is 0.0212. The smallest absolute Gasteiger partial charge is 0.306 e. The van der Waals surface area contributed by atoms with Crippen LogP contribution >= 0.6 is 7.82 Å². The zero-order chi connectivity index (χ0) is 57.9. The number of quaternary nitrogens is 1. The van der Waals surface area contributed by atoms with E-state index < -0.39 is 20.0 Å². The summed E-state index contributed by atoms with van der Waals surface area (Å²) in [5, 5.41) is 3.04. The first-order valence-corrected chi connectivity index (χ1v) is 35.4. The van der Waals surface area contributed by atoms with Gasteiger partial charge in [0.05, 0.1) is 33.8 Å². The molecular formula is C69H131N2O7P. The van der Waals surface area contributed by atoms with Gasteiger partial charge in [-0.05, 0) is 89.5 Å². The van der Waals surface area contributed by atoms with Gasteiger partial charge in [0, 0.05) is 12.8 Å². The third-order valence-electron chi connectivity index (χ3n) is 15.2. The molecule has 0 rings (SSSR count). The maximum Gasteiger partial charge on any atom is 0.306 e. The molecule has 3 atom stereocenters. The highest BCUT2D eigenvalue weighted by Crippen LogP contribution is 2.38. The number of ether oxygens (including phenoxy) is 1. The maximum absolute atomic E-state index is 13.6. The largest absolute Gasteiger partial charge is 0.756 e. The molecule has 0 saturated carbocycles. The molecule has 3 unspecified atom stereocenters. The summed E-state index contributed by atoms with van der Waals surface area (Å²) in [4.78, 5) is 40.1. The van der Waals surface area contributed by atoms with Crippen LogP contribution in [0.4, 0.5) is 0 Å². The molecule has 0 aromatic rings. The molecular weight excluding hydrogens is 1000 g/mol. The number of unbranched alkanes of at least 4 members (excludes halogenated alkanes) is 40. The minimum absolute atomic E-state index is 0.0227. The molecule has 0 aliphatic carbocycles. The Bertz CT molecular complexity index is 1490. The minimum atomic E-state index is -4.70. The molecule has 0 aliphatic heterocycles. The molecule has 79 heavy (non-hydrogen) atoms. The summed E-state index contributed by atoms with van der Waals surface area (Å²) in [7, 11) is 1.19. The van der Waals surface area contributed by atoms with Crippen molar-refractivity contribution in [2.45, 2.75) is 341 Å². The summed E-state index contributed by atoms with van der Waals surface area (Å²) >= 11 is 0. The Morgan fingerprint density at radius 2 is 0.772 bits per heavy atom. The van der Waals surface area contributed by atoms with Gasteiger partial charge in [0.1, 0.15) is 19.3 Å². The maximum atomic E-state index is 13.6. The van der Waals surface area contributed by atoms with Crippen molar-refractivity contribution in [2.75, 3.05) is 40.9 Å². The van der Waals surface area contributed by atoms with Crippen LogP contribution in [0.15, 0.2) is 48.6 Å². The lowest BCUT2D eigenvalue weighted by Gasteiger charge is -2.30. The Labute approximate surface area is 490 Å². The second kappa shape index (κ2) is 59.1. The van der Waals surface area contributed by atoms with Crippen LogP contribution in [-0.4, -0.2) is 69.4 Å². The summed E-state index contributed by atoms with van der Waals surface area (Å²) in [5.41, 5.74) is 0. The molecule has 0 radical (unpaired) electrons. The molecule has 9 nitrogen and oxygen atoms in total. The van der Waals surface area contributed by atoms with Crippen LogP contribution in [0.2, 0.25) is 0 Å². The van der Waals surface area contributed by atoms with Crippen molar-refractivity contribution in [3.63, 3.8) is 0 Å². The first-order chi connectivity index (χ1) is 38.4. The van der Waals surface area contributed by atoms with Crippen molar-refractivity contribution in [1.82, 2.24) is 5.32 Å². The topological polar surface area (TPSA) is 114 Å². The fourth-order valence-corrected chi connectivity index (χ4v) is 10.7. The molecule has 0 aliphatic rings. The number of esters is 1. The number of phosphoric acid groups is 1. The number of nitrogens with zero attached hydrogens (tertiary/aromatic N) is 1. The number of hydrogen-bond donors (Lipinski definition) is 1. The lowest BCUT2D eigenvalue weighted by atomic mass is 10.0. The number of allylic oxidation sites excluding steroid dienone is 7. The number of carbonyl (C=O) groups is 2. The summed E-state index contributed by atoms with van der Waals surface area (Å²) < 4.78 is 30.4. The zero-order valence-electron chi connectivity index (χ0n) is 53.1. The van der Waals surface area contributed by atoms with Crippen molar-refractivity contribution in [1.29, 1.82) is 0 Å². The first-order valence-electron chi connectivity index (χ1n) is 33.9. The molecule has 1 N–H and O–H groups in total. The number of hydrogen-bond acceptors (Lipinski definition) is 7. The number of amides is 1. The SMILES string of the molecule is CCCCC/C=C\C/C=C\CCCCCCCCCC(=O)OC(/C=C\CCCCCCCCCCCCC)C(COP(=O)([O-])OCC[N+](C)(C)C)NC(=O)CCCCCCCCCCCCCCC/C=C/CCCCCCCC. The van der Waals surface area contributed by atoms with Gasteiger partial charge < -0.3 is 28.5 Å². The molecule has 0 heterocycles. The van der Waals surface area contributed by atoms with E-state index in [1.165, 1.54) is 218 Å². The van der Waals surface area contributed by atoms with E-state index in [9.17, 15) is 19.0 Å². The van der Waals surface area contributed by atoms with E-state index in [0.29, 0.717) is 17.4 Å². The number of likely N-dealkylation sites (N-methyl/N-ethyl adjacent to an activating group) is 1. The van der Waals surface area contributed by atoms with Crippen LogP contribution in [-0.2, 0) is 27.9 Å². The van der Waals surface area contributed by atoms with Gasteiger partial charge in [0.15, 0.2) is 0 Å². The number of rotatable bonds is 62. The van der Waals surface area contributed by atoms with Gasteiger partial charge in [-0.25, -0.2) is 0 Å². The molecule has 0 bridgehead atoms. The highest BCUT2D eigenvalue weighted by molar-refractivity contribution is 7.45.